The number of hydrogen-bond donors (Lipinski definition) is 1. The molecule has 0 aliphatic carbocycles. The highest BCUT2D eigenvalue weighted by Crippen LogP contribution is 2.25. The lowest BCUT2D eigenvalue weighted by atomic mass is 10.0. The van der Waals surface area contributed by atoms with Crippen molar-refractivity contribution in [3.8, 4) is 11.4 Å². The van der Waals surface area contributed by atoms with Crippen molar-refractivity contribution in [2.75, 3.05) is 0 Å². The molecule has 29 heavy (non-hydrogen) atoms. The van der Waals surface area contributed by atoms with Gasteiger partial charge in [0.1, 0.15) is 5.75 Å². The lowest BCUT2D eigenvalue weighted by Crippen LogP contribution is -2.19. The summed E-state index contributed by atoms with van der Waals surface area (Å²) in [5.74, 6) is 0.118. The van der Waals surface area contributed by atoms with Gasteiger partial charge in [-0.3, -0.25) is 9.48 Å². The average molecular weight is 383 g/mol. The molecule has 0 atom stereocenters. The van der Waals surface area contributed by atoms with Gasteiger partial charge in [0.25, 0.3) is 5.56 Å². The van der Waals surface area contributed by atoms with E-state index in [4.69, 9.17) is 4.99 Å². The molecule has 0 spiro atoms. The summed E-state index contributed by atoms with van der Waals surface area (Å²) in [6, 6.07) is 26.1. The molecule has 1 aromatic heterocycles. The van der Waals surface area contributed by atoms with E-state index in [1.807, 2.05) is 80.7 Å². The van der Waals surface area contributed by atoms with E-state index < -0.39 is 0 Å². The van der Waals surface area contributed by atoms with E-state index in [9.17, 15) is 9.90 Å². The first-order valence-corrected chi connectivity index (χ1v) is 9.34. The number of benzene rings is 3. The monoisotopic (exact) mass is 383 g/mol. The molecule has 0 fully saturated rings. The van der Waals surface area contributed by atoms with Crippen LogP contribution in [0.4, 0.5) is 5.69 Å². The molecule has 0 aliphatic heterocycles. The minimum absolute atomic E-state index is 0.118. The van der Waals surface area contributed by atoms with E-state index in [1.54, 1.807) is 27.6 Å². The van der Waals surface area contributed by atoms with E-state index in [1.165, 1.54) is 0 Å². The highest BCUT2D eigenvalue weighted by Gasteiger charge is 2.18. The lowest BCUT2D eigenvalue weighted by Gasteiger charge is -2.09. The fourth-order valence-corrected chi connectivity index (χ4v) is 3.34. The summed E-state index contributed by atoms with van der Waals surface area (Å²) >= 11 is 0. The molecular formula is C24H21N3O2. The summed E-state index contributed by atoms with van der Waals surface area (Å²) in [4.78, 5) is 18.0. The zero-order valence-corrected chi connectivity index (χ0v) is 16.3. The minimum atomic E-state index is -0.208. The molecule has 0 saturated carbocycles. The van der Waals surface area contributed by atoms with Crippen LogP contribution in [0.5, 0.6) is 5.75 Å². The van der Waals surface area contributed by atoms with Crippen molar-refractivity contribution in [3.63, 3.8) is 0 Å². The van der Waals surface area contributed by atoms with Gasteiger partial charge in [-0.1, -0.05) is 60.7 Å². The van der Waals surface area contributed by atoms with Gasteiger partial charge in [-0.2, -0.15) is 0 Å². The Morgan fingerprint density at radius 3 is 2.10 bits per heavy atom. The SMILES string of the molecule is Cc1c(N=C(c2ccccc2)c2ccccc2O)c(=O)n(-c2ccccc2)n1C. The zero-order chi connectivity index (χ0) is 20.4. The van der Waals surface area contributed by atoms with Gasteiger partial charge in [0.2, 0.25) is 0 Å². The summed E-state index contributed by atoms with van der Waals surface area (Å²) in [5.41, 5.74) is 3.60. The number of phenols is 1. The summed E-state index contributed by atoms with van der Waals surface area (Å²) in [7, 11) is 1.84. The largest absolute Gasteiger partial charge is 0.507 e. The van der Waals surface area contributed by atoms with Crippen molar-refractivity contribution in [2.45, 2.75) is 6.92 Å². The van der Waals surface area contributed by atoms with Gasteiger partial charge in [-0.05, 0) is 31.2 Å². The Kier molecular flexibility index (Phi) is 4.87. The van der Waals surface area contributed by atoms with Gasteiger partial charge in [0.15, 0.2) is 5.69 Å². The van der Waals surface area contributed by atoms with Gasteiger partial charge in [0, 0.05) is 18.2 Å². The van der Waals surface area contributed by atoms with Crippen LogP contribution in [0.1, 0.15) is 16.8 Å². The van der Waals surface area contributed by atoms with Crippen LogP contribution < -0.4 is 5.56 Å². The van der Waals surface area contributed by atoms with E-state index in [0.717, 1.165) is 16.9 Å². The van der Waals surface area contributed by atoms with Crippen LogP contribution >= 0.6 is 0 Å². The fourth-order valence-electron chi connectivity index (χ4n) is 3.34. The first-order chi connectivity index (χ1) is 14.1. The molecule has 0 saturated heterocycles. The fraction of sp³-hybridized carbons (Fsp3) is 0.0833. The molecule has 5 heteroatoms. The lowest BCUT2D eigenvalue weighted by molar-refractivity contribution is 0.474. The molecule has 0 bridgehead atoms. The van der Waals surface area contributed by atoms with Crippen LogP contribution in [0.25, 0.3) is 5.69 Å². The van der Waals surface area contributed by atoms with E-state index in [2.05, 4.69) is 0 Å². The van der Waals surface area contributed by atoms with Crippen LogP contribution in [-0.2, 0) is 7.05 Å². The maximum absolute atomic E-state index is 13.3. The van der Waals surface area contributed by atoms with Crippen LogP contribution in [0.2, 0.25) is 0 Å². The molecule has 1 N–H and O–H groups in total. The van der Waals surface area contributed by atoms with Gasteiger partial charge in [-0.15, -0.1) is 0 Å². The average Bonchev–Trinajstić information content (AvgIpc) is 2.96. The van der Waals surface area contributed by atoms with Crippen molar-refractivity contribution in [1.29, 1.82) is 0 Å². The molecule has 1 heterocycles. The van der Waals surface area contributed by atoms with Gasteiger partial charge < -0.3 is 5.11 Å². The van der Waals surface area contributed by atoms with Crippen LogP contribution in [0.15, 0.2) is 94.7 Å². The Balaban J connectivity index is 1.97. The number of aromatic hydroxyl groups is 1. The minimum Gasteiger partial charge on any atom is -0.507 e. The van der Waals surface area contributed by atoms with Crippen molar-refractivity contribution < 1.29 is 5.11 Å². The number of rotatable bonds is 4. The van der Waals surface area contributed by atoms with Crippen molar-refractivity contribution in [3.05, 3.63) is 112 Å². The standard InChI is InChI=1S/C24H21N3O2/c1-17-22(24(29)27(26(17)2)19-13-7-4-8-14-19)25-23(18-11-5-3-6-12-18)20-15-9-10-16-21(20)28/h3-16,28H,1-2H3. The number of nitrogens with zero attached hydrogens (tertiary/aromatic N) is 3. The second-order valence-corrected chi connectivity index (χ2v) is 6.75. The molecule has 144 valence electrons. The second kappa shape index (κ2) is 7.64. The van der Waals surface area contributed by atoms with Crippen LogP contribution in [0.3, 0.4) is 0 Å². The second-order valence-electron chi connectivity index (χ2n) is 6.75. The molecule has 0 aliphatic rings. The van der Waals surface area contributed by atoms with Crippen LogP contribution in [-0.4, -0.2) is 20.2 Å². The normalized spacial score (nSPS) is 11.6. The number of aliphatic imine (C=N–C) groups is 1. The molecule has 5 nitrogen and oxygen atoms in total. The third-order valence-electron chi connectivity index (χ3n) is 4.95. The Hall–Kier alpha value is -3.86. The first kappa shape index (κ1) is 18.5. The van der Waals surface area contributed by atoms with Gasteiger partial charge in [0.05, 0.1) is 17.1 Å². The smallest absolute Gasteiger partial charge is 0.297 e. The maximum Gasteiger partial charge on any atom is 0.297 e. The molecule has 0 unspecified atom stereocenters. The maximum atomic E-state index is 13.3. The number of hydrogen-bond acceptors (Lipinski definition) is 3. The summed E-state index contributed by atoms with van der Waals surface area (Å²) < 4.78 is 3.39. The first-order valence-electron chi connectivity index (χ1n) is 9.34. The zero-order valence-electron chi connectivity index (χ0n) is 16.3. The summed E-state index contributed by atoms with van der Waals surface area (Å²) in [5, 5.41) is 10.4. The predicted molar refractivity (Wildman–Crippen MR) is 116 cm³/mol. The molecule has 3 aromatic carbocycles. The Morgan fingerprint density at radius 2 is 1.45 bits per heavy atom. The Bertz CT molecular complexity index is 1240. The van der Waals surface area contributed by atoms with Gasteiger partial charge in [-0.25, -0.2) is 9.67 Å². The van der Waals surface area contributed by atoms with E-state index in [0.29, 0.717) is 17.0 Å². The van der Waals surface area contributed by atoms with Crippen molar-refractivity contribution >= 4 is 11.4 Å². The molecule has 4 rings (SSSR count). The third-order valence-corrected chi connectivity index (χ3v) is 4.95. The quantitative estimate of drug-likeness (QED) is 0.532. The molecule has 4 aromatic rings. The highest BCUT2D eigenvalue weighted by atomic mass is 16.3. The van der Waals surface area contributed by atoms with Crippen LogP contribution in [0, 0.1) is 6.92 Å². The topological polar surface area (TPSA) is 59.5 Å². The number of aromatic nitrogens is 2. The predicted octanol–water partition coefficient (Wildman–Crippen LogP) is 4.36. The van der Waals surface area contributed by atoms with E-state index >= 15 is 0 Å². The van der Waals surface area contributed by atoms with Gasteiger partial charge >= 0.3 is 0 Å². The van der Waals surface area contributed by atoms with E-state index in [-0.39, 0.29) is 11.3 Å². The van der Waals surface area contributed by atoms with Crippen molar-refractivity contribution in [1.82, 2.24) is 9.36 Å². The Labute approximate surface area is 168 Å². The summed E-state index contributed by atoms with van der Waals surface area (Å²) in [6.45, 7) is 1.87. The third kappa shape index (κ3) is 3.38. The Morgan fingerprint density at radius 1 is 0.862 bits per heavy atom. The highest BCUT2D eigenvalue weighted by molar-refractivity contribution is 6.15. The summed E-state index contributed by atoms with van der Waals surface area (Å²) in [6.07, 6.45) is 0. The molecule has 0 amide bonds. The number of phenolic OH excluding ortho intramolecular Hbond substituents is 1. The van der Waals surface area contributed by atoms with Crippen molar-refractivity contribution in [2.24, 2.45) is 12.0 Å². The molecular weight excluding hydrogens is 362 g/mol. The number of para-hydroxylation sites is 2. The molecule has 0 radical (unpaired) electrons.